The van der Waals surface area contributed by atoms with E-state index in [0.717, 1.165) is 64.0 Å². The largest absolute Gasteiger partial charge is 0.497 e. The number of likely N-dealkylation sites (tertiary alicyclic amines) is 1. The summed E-state index contributed by atoms with van der Waals surface area (Å²) in [6.07, 6.45) is 5.93. The number of rotatable bonds is 7. The lowest BCUT2D eigenvalue weighted by atomic mass is 9.99. The number of pyridine rings is 1. The molecule has 240 valence electrons. The molecule has 10 heteroatoms. The number of aromatic nitrogens is 5. The number of fused-ring (bicyclic) bond motifs is 1. The maximum atomic E-state index is 13.2. The first-order valence-corrected chi connectivity index (χ1v) is 15.8. The number of benzene rings is 2. The second-order valence-corrected chi connectivity index (χ2v) is 12.9. The molecule has 1 unspecified atom stereocenters. The highest BCUT2D eigenvalue weighted by molar-refractivity contribution is 5.93. The molecule has 4 heterocycles. The minimum Gasteiger partial charge on any atom is -0.497 e. The Kier molecular flexibility index (Phi) is 8.46. The number of ether oxygens (including phenoxy) is 3. The van der Waals surface area contributed by atoms with E-state index >= 15 is 0 Å². The molecule has 0 radical (unpaired) electrons. The normalized spacial score (nSPS) is 15.3. The molecule has 1 fully saturated rings. The van der Waals surface area contributed by atoms with Crippen molar-refractivity contribution in [1.82, 2.24) is 29.4 Å². The fourth-order valence-corrected chi connectivity index (χ4v) is 6.00. The van der Waals surface area contributed by atoms with Crippen molar-refractivity contribution in [3.63, 3.8) is 0 Å². The molecule has 3 aromatic heterocycles. The molecule has 0 spiro atoms. The molecule has 10 nitrogen and oxygen atoms in total. The number of hydrogen-bond acceptors (Lipinski definition) is 7. The predicted octanol–water partition coefficient (Wildman–Crippen LogP) is 7.56. The summed E-state index contributed by atoms with van der Waals surface area (Å²) in [5, 5.41) is 9.87. The van der Waals surface area contributed by atoms with Crippen LogP contribution in [0.5, 0.6) is 11.5 Å². The van der Waals surface area contributed by atoms with Gasteiger partial charge < -0.3 is 14.2 Å². The van der Waals surface area contributed by atoms with Crippen molar-refractivity contribution in [3.8, 4) is 34.0 Å². The van der Waals surface area contributed by atoms with Gasteiger partial charge in [-0.15, -0.1) is 0 Å². The Hall–Kier alpha value is -4.86. The highest BCUT2D eigenvalue weighted by Crippen LogP contribution is 2.38. The van der Waals surface area contributed by atoms with E-state index in [1.165, 1.54) is 5.56 Å². The van der Waals surface area contributed by atoms with E-state index in [2.05, 4.69) is 26.0 Å². The van der Waals surface area contributed by atoms with Gasteiger partial charge in [0.05, 0.1) is 32.5 Å². The third kappa shape index (κ3) is 6.16. The van der Waals surface area contributed by atoms with Crippen molar-refractivity contribution in [1.29, 1.82) is 0 Å². The van der Waals surface area contributed by atoms with Crippen LogP contribution in [-0.2, 0) is 11.3 Å². The molecule has 1 aliphatic heterocycles. The summed E-state index contributed by atoms with van der Waals surface area (Å²) in [6, 6.07) is 16.2. The van der Waals surface area contributed by atoms with Crippen LogP contribution in [0.1, 0.15) is 62.9 Å². The van der Waals surface area contributed by atoms with Gasteiger partial charge in [-0.3, -0.25) is 9.58 Å². The summed E-state index contributed by atoms with van der Waals surface area (Å²) in [6.45, 7) is 11.0. The molecular formula is C36H42N6O4. The van der Waals surface area contributed by atoms with Crippen molar-refractivity contribution in [2.75, 3.05) is 20.8 Å². The van der Waals surface area contributed by atoms with Crippen LogP contribution in [0.4, 0.5) is 4.79 Å². The van der Waals surface area contributed by atoms with E-state index in [1.807, 2.05) is 78.9 Å². The van der Waals surface area contributed by atoms with E-state index in [1.54, 1.807) is 19.1 Å². The van der Waals surface area contributed by atoms with Gasteiger partial charge >= 0.3 is 6.09 Å². The molecule has 1 saturated heterocycles. The minimum absolute atomic E-state index is 0.247. The fraction of sp³-hybridized carbons (Fsp3) is 0.389. The van der Waals surface area contributed by atoms with Crippen LogP contribution in [0.15, 0.2) is 60.9 Å². The van der Waals surface area contributed by atoms with Gasteiger partial charge in [-0.05, 0) is 82.7 Å². The van der Waals surface area contributed by atoms with Gasteiger partial charge in [-0.25, -0.2) is 14.5 Å². The number of amides is 1. The number of piperidine rings is 1. The highest BCUT2D eigenvalue weighted by atomic mass is 16.6. The van der Waals surface area contributed by atoms with Crippen LogP contribution >= 0.6 is 0 Å². The van der Waals surface area contributed by atoms with Crippen molar-refractivity contribution in [3.05, 3.63) is 77.6 Å². The molecule has 6 rings (SSSR count). The summed E-state index contributed by atoms with van der Waals surface area (Å²) in [5.74, 6) is 1.47. The average molecular weight is 623 g/mol. The topological polar surface area (TPSA) is 96.5 Å². The Bertz CT molecular complexity index is 1870. The number of methoxy groups -OCH3 is 2. The van der Waals surface area contributed by atoms with Gasteiger partial charge in [0, 0.05) is 29.9 Å². The van der Waals surface area contributed by atoms with Gasteiger partial charge in [0.1, 0.15) is 40.2 Å². The second kappa shape index (κ2) is 12.5. The predicted molar refractivity (Wildman–Crippen MR) is 178 cm³/mol. The van der Waals surface area contributed by atoms with Crippen molar-refractivity contribution in [2.45, 2.75) is 72.2 Å². The first kappa shape index (κ1) is 31.1. The van der Waals surface area contributed by atoms with E-state index in [0.29, 0.717) is 24.5 Å². The van der Waals surface area contributed by atoms with Crippen LogP contribution in [0.25, 0.3) is 33.5 Å². The molecule has 0 saturated carbocycles. The van der Waals surface area contributed by atoms with E-state index in [-0.39, 0.29) is 12.3 Å². The average Bonchev–Trinajstić information content (AvgIpc) is 3.66. The lowest BCUT2D eigenvalue weighted by molar-refractivity contribution is -0.00344. The van der Waals surface area contributed by atoms with Gasteiger partial charge in [-0.2, -0.15) is 10.2 Å². The van der Waals surface area contributed by atoms with E-state index in [9.17, 15) is 4.79 Å². The van der Waals surface area contributed by atoms with Crippen LogP contribution < -0.4 is 9.47 Å². The van der Waals surface area contributed by atoms with Crippen LogP contribution in [0, 0.1) is 13.8 Å². The summed E-state index contributed by atoms with van der Waals surface area (Å²) in [7, 11) is 3.33. The lowest BCUT2D eigenvalue weighted by Gasteiger charge is -2.36. The molecule has 1 atom stereocenters. The molecule has 2 aromatic carbocycles. The van der Waals surface area contributed by atoms with Crippen molar-refractivity contribution < 1.29 is 19.0 Å². The highest BCUT2D eigenvalue weighted by Gasteiger charge is 2.32. The first-order chi connectivity index (χ1) is 22.1. The summed E-state index contributed by atoms with van der Waals surface area (Å²) < 4.78 is 20.9. The number of hydrogen-bond donors (Lipinski definition) is 0. The number of aryl methyl sites for hydroxylation is 1. The zero-order chi connectivity index (χ0) is 32.6. The molecule has 1 amide bonds. The molecule has 0 bridgehead atoms. The molecule has 1 aliphatic rings. The zero-order valence-corrected chi connectivity index (χ0v) is 27.7. The number of carbonyl (C=O) groups is 1. The summed E-state index contributed by atoms with van der Waals surface area (Å²) in [4.78, 5) is 20.2. The zero-order valence-electron chi connectivity index (χ0n) is 27.7. The third-order valence-corrected chi connectivity index (χ3v) is 8.54. The first-order valence-electron chi connectivity index (χ1n) is 15.8. The Labute approximate surface area is 269 Å². The standard InChI is InChI=1S/C36H42N6O4/c1-23-11-10-12-28(24(23)2)33-30(45-7)19-29-34(38-33)32(39-41(29)21-25-14-16-27(44-6)17-15-25)26-20-37-42(22-26)31-13-8-9-18-40(31)35(43)46-36(3,4)5/h10-12,14-17,19-20,22,31H,8-9,13,18,21H2,1-7H3. The maximum absolute atomic E-state index is 13.2. The quantitative estimate of drug-likeness (QED) is 0.185. The Morgan fingerprint density at radius 2 is 1.78 bits per heavy atom. The fourth-order valence-electron chi connectivity index (χ4n) is 6.00. The summed E-state index contributed by atoms with van der Waals surface area (Å²) in [5.41, 5.74) is 7.71. The number of carbonyl (C=O) groups excluding carboxylic acids is 1. The molecule has 46 heavy (non-hydrogen) atoms. The van der Waals surface area contributed by atoms with Crippen LogP contribution in [0.3, 0.4) is 0 Å². The Morgan fingerprint density at radius 3 is 2.50 bits per heavy atom. The third-order valence-electron chi connectivity index (χ3n) is 8.54. The molecular weight excluding hydrogens is 580 g/mol. The molecule has 0 aliphatic carbocycles. The second-order valence-electron chi connectivity index (χ2n) is 12.9. The Balaban J connectivity index is 1.46. The Morgan fingerprint density at radius 1 is 1.00 bits per heavy atom. The monoisotopic (exact) mass is 622 g/mol. The smallest absolute Gasteiger partial charge is 0.411 e. The summed E-state index contributed by atoms with van der Waals surface area (Å²) >= 11 is 0. The van der Waals surface area contributed by atoms with E-state index < -0.39 is 5.60 Å². The molecule has 0 N–H and O–H groups in total. The SMILES string of the molecule is COc1ccc(Cn2nc(-c3cnn(C4CCCCN4C(=O)OC(C)(C)C)c3)c3nc(-c4cccc(C)c4C)c(OC)cc32)cc1. The van der Waals surface area contributed by atoms with Gasteiger partial charge in [0.25, 0.3) is 0 Å². The van der Waals surface area contributed by atoms with E-state index in [4.69, 9.17) is 29.4 Å². The number of nitrogens with zero attached hydrogens (tertiary/aromatic N) is 6. The maximum Gasteiger partial charge on any atom is 0.411 e. The van der Waals surface area contributed by atoms with Crippen LogP contribution in [-0.4, -0.2) is 61.9 Å². The molecule has 5 aromatic rings. The van der Waals surface area contributed by atoms with Gasteiger partial charge in [0.15, 0.2) is 0 Å². The van der Waals surface area contributed by atoms with Gasteiger partial charge in [-0.1, -0.05) is 30.3 Å². The lowest BCUT2D eigenvalue weighted by Crippen LogP contribution is -2.44. The van der Waals surface area contributed by atoms with Crippen LogP contribution in [0.2, 0.25) is 0 Å². The van der Waals surface area contributed by atoms with Crippen molar-refractivity contribution in [2.24, 2.45) is 0 Å². The van der Waals surface area contributed by atoms with Crippen molar-refractivity contribution >= 4 is 17.1 Å². The minimum atomic E-state index is -0.579. The van der Waals surface area contributed by atoms with Gasteiger partial charge in [0.2, 0.25) is 0 Å².